The predicted octanol–water partition coefficient (Wildman–Crippen LogP) is 5.08. The molecule has 0 radical (unpaired) electrons. The minimum Gasteiger partial charge on any atom is -0.305 e. The molecule has 0 bridgehead atoms. The van der Waals surface area contributed by atoms with E-state index in [1.807, 2.05) is 0 Å². The van der Waals surface area contributed by atoms with E-state index in [9.17, 15) is 4.79 Å². The third kappa shape index (κ3) is 3.34. The van der Waals surface area contributed by atoms with E-state index in [1.165, 1.54) is 4.68 Å². The molecule has 0 unspecified atom stereocenters. The highest BCUT2D eigenvalue weighted by Gasteiger charge is 2.13. The highest BCUT2D eigenvalue weighted by Crippen LogP contribution is 2.28. The fraction of sp³-hybridized carbons (Fsp3) is 0. The Bertz CT molecular complexity index is 856. The lowest BCUT2D eigenvalue weighted by atomic mass is 10.2. The molecule has 1 amide bonds. The summed E-state index contributed by atoms with van der Waals surface area (Å²) in [7, 11) is 0. The normalized spacial score (nSPS) is 10.6. The number of hydrogen-bond donors (Lipinski definition) is 1. The Kier molecular flexibility index (Phi) is 4.57. The number of benzene rings is 2. The number of rotatable bonds is 3. The highest BCUT2D eigenvalue weighted by atomic mass is 35.5. The van der Waals surface area contributed by atoms with Crippen molar-refractivity contribution in [3.05, 3.63) is 75.4 Å². The molecule has 23 heavy (non-hydrogen) atoms. The summed E-state index contributed by atoms with van der Waals surface area (Å²) in [6, 6.07) is 13.6. The van der Waals surface area contributed by atoms with Gasteiger partial charge in [-0.25, -0.2) is 4.68 Å². The SMILES string of the molecule is O=C(Nc1ccn(-c2c(Cl)cccc2Cl)n1)c1ccccc1Cl. The molecule has 4 nitrogen and oxygen atoms in total. The van der Waals surface area contributed by atoms with Crippen LogP contribution < -0.4 is 5.32 Å². The largest absolute Gasteiger partial charge is 0.305 e. The van der Waals surface area contributed by atoms with Gasteiger partial charge >= 0.3 is 0 Å². The minimum atomic E-state index is -0.342. The highest BCUT2D eigenvalue weighted by molar-refractivity contribution is 6.37. The lowest BCUT2D eigenvalue weighted by Gasteiger charge is -2.07. The first-order chi connectivity index (χ1) is 11.1. The summed E-state index contributed by atoms with van der Waals surface area (Å²) in [5, 5.41) is 8.26. The van der Waals surface area contributed by atoms with Crippen molar-refractivity contribution in [1.82, 2.24) is 9.78 Å². The zero-order valence-corrected chi connectivity index (χ0v) is 13.9. The van der Waals surface area contributed by atoms with Gasteiger partial charge in [-0.3, -0.25) is 4.79 Å². The Balaban J connectivity index is 1.86. The molecule has 0 saturated heterocycles. The van der Waals surface area contributed by atoms with Gasteiger partial charge in [0.15, 0.2) is 5.82 Å². The number of nitrogens with zero attached hydrogens (tertiary/aromatic N) is 2. The molecular weight excluding hydrogens is 357 g/mol. The van der Waals surface area contributed by atoms with Crippen molar-refractivity contribution < 1.29 is 4.79 Å². The fourth-order valence-electron chi connectivity index (χ4n) is 2.05. The third-order valence-electron chi connectivity index (χ3n) is 3.12. The van der Waals surface area contributed by atoms with Gasteiger partial charge in [0.25, 0.3) is 5.91 Å². The first kappa shape index (κ1) is 15.9. The van der Waals surface area contributed by atoms with Crippen molar-refractivity contribution in [1.29, 1.82) is 0 Å². The third-order valence-corrected chi connectivity index (χ3v) is 4.06. The number of nitrogens with one attached hydrogen (secondary N) is 1. The second-order valence-corrected chi connectivity index (χ2v) is 5.87. The molecule has 1 heterocycles. The molecule has 0 aliphatic rings. The molecule has 7 heteroatoms. The number of hydrogen-bond acceptors (Lipinski definition) is 2. The standard InChI is InChI=1S/C16H10Cl3N3O/c17-11-5-2-1-4-10(11)16(23)20-14-8-9-22(21-14)15-12(18)6-3-7-13(15)19/h1-9H,(H,20,21,23). The summed E-state index contributed by atoms with van der Waals surface area (Å²) in [5.41, 5.74) is 0.925. The average molecular weight is 367 g/mol. The van der Waals surface area contributed by atoms with Crippen molar-refractivity contribution in [2.45, 2.75) is 0 Å². The van der Waals surface area contributed by atoms with Crippen LogP contribution in [0.3, 0.4) is 0 Å². The summed E-state index contributed by atoms with van der Waals surface area (Å²) >= 11 is 18.3. The van der Waals surface area contributed by atoms with Gasteiger partial charge < -0.3 is 5.32 Å². The van der Waals surface area contributed by atoms with Crippen LogP contribution in [0.15, 0.2) is 54.7 Å². The fourth-order valence-corrected chi connectivity index (χ4v) is 2.84. The summed E-state index contributed by atoms with van der Waals surface area (Å²) < 4.78 is 1.51. The molecule has 116 valence electrons. The maximum absolute atomic E-state index is 12.2. The van der Waals surface area contributed by atoms with Crippen molar-refractivity contribution in [2.24, 2.45) is 0 Å². The van der Waals surface area contributed by atoms with Crippen LogP contribution in [0.4, 0.5) is 5.82 Å². The van der Waals surface area contributed by atoms with Gasteiger partial charge in [-0.15, -0.1) is 5.10 Å². The molecule has 3 aromatic rings. The van der Waals surface area contributed by atoms with Crippen LogP contribution in [0, 0.1) is 0 Å². The van der Waals surface area contributed by atoms with E-state index in [1.54, 1.807) is 54.7 Å². The molecular formula is C16H10Cl3N3O. The first-order valence-corrected chi connectivity index (χ1v) is 7.75. The molecule has 0 fully saturated rings. The van der Waals surface area contributed by atoms with Gasteiger partial charge in [-0.2, -0.15) is 0 Å². The van der Waals surface area contributed by atoms with Crippen LogP contribution in [0.1, 0.15) is 10.4 Å². The number of carbonyl (C=O) groups is 1. The zero-order valence-electron chi connectivity index (χ0n) is 11.6. The van der Waals surface area contributed by atoms with Crippen molar-refractivity contribution in [3.8, 4) is 5.69 Å². The molecule has 1 N–H and O–H groups in total. The number of anilines is 1. The van der Waals surface area contributed by atoms with Gasteiger partial charge in [0.1, 0.15) is 5.69 Å². The summed E-state index contributed by atoms with van der Waals surface area (Å²) in [6.07, 6.45) is 1.66. The predicted molar refractivity (Wildman–Crippen MR) is 93.0 cm³/mol. The number of aromatic nitrogens is 2. The van der Waals surface area contributed by atoms with Crippen molar-refractivity contribution in [3.63, 3.8) is 0 Å². The Morgan fingerprint density at radius 2 is 1.57 bits per heavy atom. The monoisotopic (exact) mass is 365 g/mol. The van der Waals surface area contributed by atoms with Gasteiger partial charge in [-0.05, 0) is 24.3 Å². The molecule has 3 rings (SSSR count). The maximum atomic E-state index is 12.2. The van der Waals surface area contributed by atoms with Crippen LogP contribution in [-0.4, -0.2) is 15.7 Å². The zero-order chi connectivity index (χ0) is 16.4. The van der Waals surface area contributed by atoms with E-state index in [2.05, 4.69) is 10.4 Å². The second-order valence-electron chi connectivity index (χ2n) is 4.65. The Morgan fingerprint density at radius 3 is 2.26 bits per heavy atom. The number of halogens is 3. The van der Waals surface area contributed by atoms with Gasteiger partial charge in [0.05, 0.1) is 20.6 Å². The van der Waals surface area contributed by atoms with Crippen LogP contribution in [-0.2, 0) is 0 Å². The molecule has 0 aliphatic carbocycles. The Labute approximate surface area is 147 Å². The molecule has 0 atom stereocenters. The van der Waals surface area contributed by atoms with E-state index in [0.717, 1.165) is 0 Å². The lowest BCUT2D eigenvalue weighted by molar-refractivity contribution is 0.102. The summed E-state index contributed by atoms with van der Waals surface area (Å²) in [4.78, 5) is 12.2. The Hall–Kier alpha value is -2.01. The second kappa shape index (κ2) is 6.62. The van der Waals surface area contributed by atoms with E-state index in [4.69, 9.17) is 34.8 Å². The van der Waals surface area contributed by atoms with Crippen molar-refractivity contribution in [2.75, 3.05) is 5.32 Å². The van der Waals surface area contributed by atoms with Crippen LogP contribution in [0.25, 0.3) is 5.69 Å². The topological polar surface area (TPSA) is 46.9 Å². The summed E-state index contributed by atoms with van der Waals surface area (Å²) in [5.74, 6) is 0.0250. The van der Waals surface area contributed by atoms with Gasteiger partial charge in [-0.1, -0.05) is 53.0 Å². The van der Waals surface area contributed by atoms with Crippen LogP contribution in [0.2, 0.25) is 15.1 Å². The quantitative estimate of drug-likeness (QED) is 0.702. The summed E-state index contributed by atoms with van der Waals surface area (Å²) in [6.45, 7) is 0. The van der Waals surface area contributed by atoms with E-state index < -0.39 is 0 Å². The van der Waals surface area contributed by atoms with Crippen LogP contribution in [0.5, 0.6) is 0 Å². The van der Waals surface area contributed by atoms with Gasteiger partial charge in [0, 0.05) is 12.3 Å². The number of amides is 1. The van der Waals surface area contributed by atoms with Gasteiger partial charge in [0.2, 0.25) is 0 Å². The van der Waals surface area contributed by atoms with E-state index in [-0.39, 0.29) is 5.91 Å². The average Bonchev–Trinajstić information content (AvgIpc) is 2.95. The first-order valence-electron chi connectivity index (χ1n) is 6.62. The smallest absolute Gasteiger partial charge is 0.258 e. The van der Waals surface area contributed by atoms with Crippen LogP contribution >= 0.6 is 34.8 Å². The number of carbonyl (C=O) groups excluding carboxylic acids is 1. The van der Waals surface area contributed by atoms with E-state index >= 15 is 0 Å². The molecule has 0 spiro atoms. The molecule has 0 aliphatic heterocycles. The Morgan fingerprint density at radius 1 is 0.913 bits per heavy atom. The van der Waals surface area contributed by atoms with E-state index in [0.29, 0.717) is 32.1 Å². The minimum absolute atomic E-state index is 0.342. The lowest BCUT2D eigenvalue weighted by Crippen LogP contribution is -2.13. The van der Waals surface area contributed by atoms with Crippen molar-refractivity contribution >= 4 is 46.5 Å². The molecule has 1 aromatic heterocycles. The maximum Gasteiger partial charge on any atom is 0.258 e. The molecule has 2 aromatic carbocycles. The number of para-hydroxylation sites is 1. The molecule has 0 saturated carbocycles.